The molecule has 106 valence electrons. The van der Waals surface area contributed by atoms with Gasteiger partial charge in [-0.25, -0.2) is 4.39 Å². The molecule has 1 aromatic carbocycles. The molecule has 0 aliphatic carbocycles. The van der Waals surface area contributed by atoms with Crippen molar-refractivity contribution < 1.29 is 14.1 Å². The standard InChI is InChI=1S/C11H14FN3O3.ClH/c12-8-3-4-9(10(7-8)15(17)18)11(16)14-6-2-1-5-13;/h3-4,7H,1-2,5-6,13H2,(H,14,16);1H. The van der Waals surface area contributed by atoms with Crippen LogP contribution in [0.3, 0.4) is 0 Å². The van der Waals surface area contributed by atoms with Gasteiger partial charge >= 0.3 is 0 Å². The fourth-order valence-electron chi connectivity index (χ4n) is 1.41. The third kappa shape index (κ3) is 5.19. The van der Waals surface area contributed by atoms with Crippen molar-refractivity contribution in [2.45, 2.75) is 12.8 Å². The van der Waals surface area contributed by atoms with E-state index in [-0.39, 0.29) is 18.0 Å². The number of halogens is 2. The molecule has 6 nitrogen and oxygen atoms in total. The maximum atomic E-state index is 12.9. The van der Waals surface area contributed by atoms with Gasteiger partial charge in [0.15, 0.2) is 0 Å². The van der Waals surface area contributed by atoms with Crippen LogP contribution < -0.4 is 11.1 Å². The summed E-state index contributed by atoms with van der Waals surface area (Å²) in [6, 6.07) is 2.85. The molecule has 0 saturated heterocycles. The average Bonchev–Trinajstić information content (AvgIpc) is 2.34. The number of nitrogens with zero attached hydrogens (tertiary/aromatic N) is 1. The molecule has 3 N–H and O–H groups in total. The van der Waals surface area contributed by atoms with E-state index in [1.807, 2.05) is 0 Å². The van der Waals surface area contributed by atoms with Crippen molar-refractivity contribution >= 4 is 24.0 Å². The number of nitro groups is 1. The highest BCUT2D eigenvalue weighted by atomic mass is 35.5. The van der Waals surface area contributed by atoms with Gasteiger partial charge in [-0.05, 0) is 31.5 Å². The van der Waals surface area contributed by atoms with E-state index in [1.165, 1.54) is 0 Å². The Morgan fingerprint density at radius 2 is 2.11 bits per heavy atom. The van der Waals surface area contributed by atoms with Crippen molar-refractivity contribution in [1.82, 2.24) is 5.32 Å². The van der Waals surface area contributed by atoms with Gasteiger partial charge in [-0.15, -0.1) is 12.4 Å². The Morgan fingerprint density at radius 3 is 2.68 bits per heavy atom. The summed E-state index contributed by atoms with van der Waals surface area (Å²) < 4.78 is 12.9. The number of nitro benzene ring substituents is 1. The summed E-state index contributed by atoms with van der Waals surface area (Å²) in [6.45, 7) is 0.900. The summed E-state index contributed by atoms with van der Waals surface area (Å²) in [5.74, 6) is -1.33. The molecule has 19 heavy (non-hydrogen) atoms. The molecule has 1 rings (SSSR count). The van der Waals surface area contributed by atoms with E-state index in [9.17, 15) is 19.3 Å². The lowest BCUT2D eigenvalue weighted by atomic mass is 10.1. The number of nitrogens with one attached hydrogen (secondary N) is 1. The van der Waals surface area contributed by atoms with E-state index in [1.54, 1.807) is 0 Å². The molecule has 0 saturated carbocycles. The zero-order valence-electron chi connectivity index (χ0n) is 10.1. The molecule has 1 amide bonds. The van der Waals surface area contributed by atoms with Gasteiger partial charge in [0.2, 0.25) is 0 Å². The van der Waals surface area contributed by atoms with E-state index in [0.29, 0.717) is 19.5 Å². The molecular formula is C11H15ClFN3O3. The second-order valence-corrected chi connectivity index (χ2v) is 3.67. The van der Waals surface area contributed by atoms with Gasteiger partial charge in [0, 0.05) is 6.54 Å². The molecule has 0 aliphatic rings. The molecule has 8 heteroatoms. The number of amides is 1. The van der Waals surface area contributed by atoms with E-state index >= 15 is 0 Å². The van der Waals surface area contributed by atoms with Crippen LogP contribution in [0.15, 0.2) is 18.2 Å². The smallest absolute Gasteiger partial charge is 0.285 e. The van der Waals surface area contributed by atoms with Crippen molar-refractivity contribution in [3.05, 3.63) is 39.7 Å². The van der Waals surface area contributed by atoms with E-state index in [4.69, 9.17) is 5.73 Å². The zero-order valence-corrected chi connectivity index (χ0v) is 10.9. The van der Waals surface area contributed by atoms with Crippen LogP contribution in [0.25, 0.3) is 0 Å². The molecular weight excluding hydrogens is 277 g/mol. The minimum absolute atomic E-state index is 0. The summed E-state index contributed by atoms with van der Waals surface area (Å²) in [4.78, 5) is 21.6. The van der Waals surface area contributed by atoms with Crippen LogP contribution in [0.2, 0.25) is 0 Å². The van der Waals surface area contributed by atoms with Gasteiger partial charge in [-0.1, -0.05) is 0 Å². The lowest BCUT2D eigenvalue weighted by Crippen LogP contribution is -2.25. The molecule has 0 spiro atoms. The number of rotatable bonds is 6. The zero-order chi connectivity index (χ0) is 13.5. The summed E-state index contributed by atoms with van der Waals surface area (Å²) in [5.41, 5.74) is 4.61. The van der Waals surface area contributed by atoms with Crippen molar-refractivity contribution in [1.29, 1.82) is 0 Å². The molecule has 0 radical (unpaired) electrons. The number of nitrogens with two attached hydrogens (primary N) is 1. The van der Waals surface area contributed by atoms with E-state index in [2.05, 4.69) is 5.32 Å². The summed E-state index contributed by atoms with van der Waals surface area (Å²) in [5, 5.41) is 13.2. The van der Waals surface area contributed by atoms with Crippen LogP contribution in [0, 0.1) is 15.9 Å². The quantitative estimate of drug-likeness (QED) is 0.473. The predicted molar refractivity (Wildman–Crippen MR) is 70.9 cm³/mol. The number of hydrogen-bond donors (Lipinski definition) is 2. The highest BCUT2D eigenvalue weighted by Crippen LogP contribution is 2.19. The number of hydrogen-bond acceptors (Lipinski definition) is 4. The molecule has 0 atom stereocenters. The third-order valence-corrected chi connectivity index (χ3v) is 2.32. The van der Waals surface area contributed by atoms with Crippen molar-refractivity contribution in [3.63, 3.8) is 0 Å². The van der Waals surface area contributed by atoms with Crippen molar-refractivity contribution in [3.8, 4) is 0 Å². The molecule has 1 aromatic rings. The van der Waals surface area contributed by atoms with E-state index < -0.39 is 22.3 Å². The van der Waals surface area contributed by atoms with Crippen LogP contribution in [0.1, 0.15) is 23.2 Å². The fraction of sp³-hybridized carbons (Fsp3) is 0.364. The van der Waals surface area contributed by atoms with E-state index in [0.717, 1.165) is 24.6 Å². The Hall–Kier alpha value is -1.73. The first-order chi connectivity index (χ1) is 8.56. The Balaban J connectivity index is 0.00000324. The van der Waals surface area contributed by atoms with Gasteiger partial charge < -0.3 is 11.1 Å². The molecule has 0 unspecified atom stereocenters. The summed E-state index contributed by atoms with van der Waals surface area (Å²) in [7, 11) is 0. The monoisotopic (exact) mass is 291 g/mol. The predicted octanol–water partition coefficient (Wildman–Crippen LogP) is 1.62. The lowest BCUT2D eigenvalue weighted by molar-refractivity contribution is -0.385. The van der Waals surface area contributed by atoms with Crippen LogP contribution >= 0.6 is 12.4 Å². The van der Waals surface area contributed by atoms with Gasteiger partial charge in [-0.3, -0.25) is 14.9 Å². The van der Waals surface area contributed by atoms with Gasteiger partial charge in [-0.2, -0.15) is 0 Å². The molecule has 0 heterocycles. The number of carbonyl (C=O) groups is 1. The molecule has 0 fully saturated rings. The van der Waals surface area contributed by atoms with Gasteiger partial charge in [0.25, 0.3) is 11.6 Å². The number of benzene rings is 1. The first-order valence-corrected chi connectivity index (χ1v) is 5.48. The normalized spacial score (nSPS) is 9.58. The fourth-order valence-corrected chi connectivity index (χ4v) is 1.41. The lowest BCUT2D eigenvalue weighted by Gasteiger charge is -2.05. The number of carbonyl (C=O) groups excluding carboxylic acids is 1. The van der Waals surface area contributed by atoms with Crippen LogP contribution in [0.4, 0.5) is 10.1 Å². The molecule has 0 aliphatic heterocycles. The van der Waals surface area contributed by atoms with Crippen LogP contribution in [0.5, 0.6) is 0 Å². The highest BCUT2D eigenvalue weighted by Gasteiger charge is 2.20. The first-order valence-electron chi connectivity index (χ1n) is 5.48. The van der Waals surface area contributed by atoms with Gasteiger partial charge in [0.05, 0.1) is 11.0 Å². The average molecular weight is 292 g/mol. The second-order valence-electron chi connectivity index (χ2n) is 3.67. The summed E-state index contributed by atoms with van der Waals surface area (Å²) >= 11 is 0. The Labute approximate surface area is 115 Å². The largest absolute Gasteiger partial charge is 0.352 e. The SMILES string of the molecule is Cl.NCCCCNC(=O)c1ccc(F)cc1[N+](=O)[O-]. The Bertz CT molecular complexity index is 457. The minimum atomic E-state index is -0.780. The third-order valence-electron chi connectivity index (χ3n) is 2.32. The topological polar surface area (TPSA) is 98.3 Å². The van der Waals surface area contributed by atoms with Gasteiger partial charge in [0.1, 0.15) is 11.4 Å². The maximum absolute atomic E-state index is 12.9. The van der Waals surface area contributed by atoms with Crippen LogP contribution in [-0.2, 0) is 0 Å². The second kappa shape index (κ2) is 8.39. The Kier molecular flexibility index (Phi) is 7.62. The molecule has 0 bridgehead atoms. The highest BCUT2D eigenvalue weighted by molar-refractivity contribution is 5.98. The number of unbranched alkanes of at least 4 members (excludes halogenated alkanes) is 1. The molecule has 0 aromatic heterocycles. The summed E-state index contributed by atoms with van der Waals surface area (Å²) in [6.07, 6.45) is 1.45. The van der Waals surface area contributed by atoms with Crippen molar-refractivity contribution in [2.24, 2.45) is 5.73 Å². The minimum Gasteiger partial charge on any atom is -0.352 e. The van der Waals surface area contributed by atoms with Crippen molar-refractivity contribution in [2.75, 3.05) is 13.1 Å². The first kappa shape index (κ1) is 17.3. The maximum Gasteiger partial charge on any atom is 0.285 e. The van der Waals surface area contributed by atoms with Crippen LogP contribution in [-0.4, -0.2) is 23.9 Å². The Morgan fingerprint density at radius 1 is 1.42 bits per heavy atom.